The molecule has 0 atom stereocenters. The van der Waals surface area contributed by atoms with Crippen molar-refractivity contribution < 1.29 is 4.92 Å². The molecule has 2 aromatic carbocycles. The predicted molar refractivity (Wildman–Crippen MR) is 111 cm³/mol. The zero-order valence-corrected chi connectivity index (χ0v) is 15.9. The van der Waals surface area contributed by atoms with Gasteiger partial charge in [-0.1, -0.05) is 41.1 Å². The highest BCUT2D eigenvalue weighted by molar-refractivity contribution is 7.22. The summed E-state index contributed by atoms with van der Waals surface area (Å²) < 4.78 is 0.593. The third-order valence-electron chi connectivity index (χ3n) is 3.74. The van der Waals surface area contributed by atoms with Crippen molar-refractivity contribution in [3.8, 4) is 0 Å². The van der Waals surface area contributed by atoms with Crippen LogP contribution in [0.5, 0.6) is 0 Å². The summed E-state index contributed by atoms with van der Waals surface area (Å²) in [6.07, 6.45) is 1.52. The van der Waals surface area contributed by atoms with Crippen LogP contribution >= 0.6 is 22.9 Å². The number of hydrogen-bond donors (Lipinski definition) is 2. The average Bonchev–Trinajstić information content (AvgIpc) is 3.27. The monoisotopic (exact) mass is 427 g/mol. The number of hydrogen-bond acceptors (Lipinski definition) is 8. The number of rotatable bonds is 5. The highest BCUT2D eigenvalue weighted by Crippen LogP contribution is 2.34. The fraction of sp³-hybridized carbons (Fsp3) is 0. The van der Waals surface area contributed by atoms with E-state index >= 15 is 0 Å². The molecule has 2 aromatic heterocycles. The van der Waals surface area contributed by atoms with Crippen molar-refractivity contribution in [1.29, 1.82) is 0 Å². The van der Waals surface area contributed by atoms with E-state index in [1.807, 2.05) is 0 Å². The van der Waals surface area contributed by atoms with Crippen LogP contribution in [-0.4, -0.2) is 26.3 Å². The van der Waals surface area contributed by atoms with Gasteiger partial charge < -0.3 is 0 Å². The van der Waals surface area contributed by atoms with Crippen molar-refractivity contribution in [2.45, 2.75) is 0 Å². The van der Waals surface area contributed by atoms with Crippen LogP contribution in [0.25, 0.3) is 10.2 Å². The van der Waals surface area contributed by atoms with Gasteiger partial charge in [0.15, 0.2) is 17.0 Å². The van der Waals surface area contributed by atoms with Gasteiger partial charge in [-0.25, -0.2) is 9.98 Å². The molecule has 0 aliphatic carbocycles. The Morgan fingerprint density at radius 2 is 2.00 bits per heavy atom. The molecular formula is C17H10ClN7O3S. The Morgan fingerprint density at radius 1 is 1.17 bits per heavy atom. The number of azo groups is 1. The number of non-ortho nitro benzene ring substituents is 1. The second-order valence-corrected chi connectivity index (χ2v) is 7.11. The van der Waals surface area contributed by atoms with Gasteiger partial charge in [-0.2, -0.15) is 0 Å². The van der Waals surface area contributed by atoms with E-state index in [0.717, 1.165) is 16.9 Å². The van der Waals surface area contributed by atoms with E-state index in [4.69, 9.17) is 11.6 Å². The fourth-order valence-corrected chi connectivity index (χ4v) is 3.47. The maximum Gasteiger partial charge on any atom is 0.296 e. The second-order valence-electron chi connectivity index (χ2n) is 5.67. The summed E-state index contributed by atoms with van der Waals surface area (Å²) in [5.74, 6) is 0.172. The molecule has 4 rings (SSSR count). The maximum atomic E-state index is 12.0. The number of para-hydroxylation sites is 1. The quantitative estimate of drug-likeness (QED) is 0.199. The molecule has 144 valence electrons. The molecule has 0 radical (unpaired) electrons. The van der Waals surface area contributed by atoms with E-state index in [2.05, 4.69) is 30.4 Å². The minimum absolute atomic E-state index is 0.0444. The molecular weight excluding hydrogens is 418 g/mol. The number of aromatic nitrogens is 3. The maximum absolute atomic E-state index is 12.0. The lowest BCUT2D eigenvalue weighted by atomic mass is 10.2. The van der Waals surface area contributed by atoms with E-state index in [9.17, 15) is 14.9 Å². The van der Waals surface area contributed by atoms with Crippen LogP contribution in [0.15, 0.2) is 62.5 Å². The molecule has 0 saturated heterocycles. The fourth-order valence-electron chi connectivity index (χ4n) is 2.46. The summed E-state index contributed by atoms with van der Waals surface area (Å²) in [5.41, 5.74) is 0.280. The van der Waals surface area contributed by atoms with Gasteiger partial charge in [-0.15, -0.1) is 10.2 Å². The Morgan fingerprint density at radius 3 is 2.79 bits per heavy atom. The number of aromatic amines is 2. The minimum Gasteiger partial charge on any atom is -0.280 e. The van der Waals surface area contributed by atoms with Gasteiger partial charge in [-0.05, 0) is 23.8 Å². The molecule has 2 N–H and O–H groups in total. The number of fused-ring (bicyclic) bond motifs is 1. The summed E-state index contributed by atoms with van der Waals surface area (Å²) in [7, 11) is 0. The Bertz CT molecular complexity index is 1340. The SMILES string of the molecule is O=c1[nH][nH]c(N=Cc2cccc(Cl)c2)c1N=Nc1nc2c([N+](=O)[O-])cccc2s1. The third kappa shape index (κ3) is 3.95. The van der Waals surface area contributed by atoms with Crippen LogP contribution in [0.1, 0.15) is 5.56 Å². The van der Waals surface area contributed by atoms with Crippen LogP contribution in [-0.2, 0) is 0 Å². The number of benzene rings is 2. The highest BCUT2D eigenvalue weighted by Gasteiger charge is 2.16. The van der Waals surface area contributed by atoms with Crippen molar-refractivity contribution in [3.63, 3.8) is 0 Å². The molecule has 12 heteroatoms. The number of thiazole rings is 1. The highest BCUT2D eigenvalue weighted by atomic mass is 35.5. The van der Waals surface area contributed by atoms with E-state index in [1.54, 1.807) is 36.4 Å². The number of aliphatic imine (C=N–C) groups is 1. The van der Waals surface area contributed by atoms with Crippen molar-refractivity contribution in [2.75, 3.05) is 0 Å². The molecule has 0 aliphatic heterocycles. The zero-order valence-electron chi connectivity index (χ0n) is 14.4. The molecule has 0 amide bonds. The van der Waals surface area contributed by atoms with E-state index < -0.39 is 10.5 Å². The molecule has 0 spiro atoms. The lowest BCUT2D eigenvalue weighted by molar-refractivity contribution is -0.383. The van der Waals surface area contributed by atoms with E-state index in [-0.39, 0.29) is 27.8 Å². The van der Waals surface area contributed by atoms with Gasteiger partial charge in [0, 0.05) is 17.3 Å². The van der Waals surface area contributed by atoms with Crippen molar-refractivity contribution in [1.82, 2.24) is 15.2 Å². The first-order valence-corrected chi connectivity index (χ1v) is 9.26. The molecule has 0 fully saturated rings. The number of halogens is 1. The Kier molecular flexibility index (Phi) is 4.97. The molecule has 29 heavy (non-hydrogen) atoms. The first kappa shape index (κ1) is 18.7. The van der Waals surface area contributed by atoms with Crippen LogP contribution < -0.4 is 5.56 Å². The van der Waals surface area contributed by atoms with Gasteiger partial charge in [0.25, 0.3) is 11.2 Å². The second kappa shape index (κ2) is 7.73. The molecule has 0 unspecified atom stereocenters. The Balaban J connectivity index is 1.65. The normalized spacial score (nSPS) is 11.8. The van der Waals surface area contributed by atoms with Gasteiger partial charge >= 0.3 is 0 Å². The average molecular weight is 428 g/mol. The topological polar surface area (TPSA) is 142 Å². The van der Waals surface area contributed by atoms with Crippen molar-refractivity contribution >= 4 is 61.7 Å². The minimum atomic E-state index is -0.515. The van der Waals surface area contributed by atoms with Crippen LogP contribution in [0.3, 0.4) is 0 Å². The lowest BCUT2D eigenvalue weighted by Crippen LogP contribution is -1.96. The molecule has 2 heterocycles. The molecule has 0 bridgehead atoms. The smallest absolute Gasteiger partial charge is 0.280 e. The summed E-state index contributed by atoms with van der Waals surface area (Å²) >= 11 is 7.06. The number of nitro groups is 1. The summed E-state index contributed by atoms with van der Waals surface area (Å²) in [5, 5.41) is 24.7. The third-order valence-corrected chi connectivity index (χ3v) is 4.88. The van der Waals surface area contributed by atoms with Gasteiger partial charge in [-0.3, -0.25) is 25.1 Å². The van der Waals surface area contributed by atoms with Crippen LogP contribution in [0.2, 0.25) is 5.02 Å². The summed E-state index contributed by atoms with van der Waals surface area (Å²) in [6.45, 7) is 0. The first-order chi connectivity index (χ1) is 14.0. The standard InChI is InChI=1S/C17H10ClN7O3S/c18-10-4-1-3-9(7-10)8-19-15-14(16(26)23-22-15)21-24-17-20-13-11(25(27)28)5-2-6-12(13)29-17/h1-8H,(H2,22,23,26). The van der Waals surface area contributed by atoms with E-state index in [1.165, 1.54) is 12.3 Å². The Hall–Kier alpha value is -3.70. The lowest BCUT2D eigenvalue weighted by Gasteiger charge is -1.93. The molecule has 10 nitrogen and oxygen atoms in total. The van der Waals surface area contributed by atoms with Crippen molar-refractivity contribution in [2.24, 2.45) is 15.2 Å². The van der Waals surface area contributed by atoms with Gasteiger partial charge in [0.05, 0.1) is 9.62 Å². The number of H-pyrrole nitrogens is 2. The number of nitrogens with zero attached hydrogens (tertiary/aromatic N) is 5. The van der Waals surface area contributed by atoms with E-state index in [0.29, 0.717) is 9.72 Å². The Labute approximate surface area is 170 Å². The van der Waals surface area contributed by atoms with Crippen LogP contribution in [0, 0.1) is 10.1 Å². The molecule has 0 aliphatic rings. The predicted octanol–water partition coefficient (Wildman–Crippen LogP) is 5.04. The zero-order chi connectivity index (χ0) is 20.4. The van der Waals surface area contributed by atoms with Gasteiger partial charge in [0.2, 0.25) is 5.13 Å². The first-order valence-electron chi connectivity index (χ1n) is 8.07. The number of nitro benzene ring substituents is 1. The largest absolute Gasteiger partial charge is 0.296 e. The summed E-state index contributed by atoms with van der Waals surface area (Å²) in [4.78, 5) is 30.9. The molecule has 0 saturated carbocycles. The summed E-state index contributed by atoms with van der Waals surface area (Å²) in [6, 6.07) is 11.7. The number of nitrogens with one attached hydrogen (secondary N) is 2. The van der Waals surface area contributed by atoms with Gasteiger partial charge in [0.1, 0.15) is 0 Å². The molecule has 4 aromatic rings. The van der Waals surface area contributed by atoms with Crippen LogP contribution in [0.4, 0.5) is 22.3 Å². The van der Waals surface area contributed by atoms with Crippen molar-refractivity contribution in [3.05, 3.63) is 73.5 Å².